The third kappa shape index (κ3) is 2.29. The number of aldehydes is 1. The van der Waals surface area contributed by atoms with Gasteiger partial charge in [0.1, 0.15) is 11.3 Å². The molecular formula is C8H3ClF5NO. The number of hydrogen-bond acceptors (Lipinski definition) is 2. The molecule has 0 aliphatic rings. The van der Waals surface area contributed by atoms with Crippen molar-refractivity contribution in [3.05, 3.63) is 28.0 Å². The molecule has 0 saturated carbocycles. The van der Waals surface area contributed by atoms with Crippen molar-refractivity contribution in [2.75, 3.05) is 0 Å². The summed E-state index contributed by atoms with van der Waals surface area (Å²) in [6.07, 6.45) is -7.92. The van der Waals surface area contributed by atoms with Crippen LogP contribution in [0.15, 0.2) is 6.20 Å². The number of carbonyl (C=O) groups excluding carboxylic acids is 1. The minimum atomic E-state index is -5.09. The number of pyridine rings is 1. The Morgan fingerprint density at radius 3 is 2.31 bits per heavy atom. The van der Waals surface area contributed by atoms with E-state index in [1.165, 1.54) is 0 Å². The normalized spacial score (nSPS) is 11.9. The molecule has 0 fully saturated rings. The average molecular weight is 260 g/mol. The molecule has 2 nitrogen and oxygen atoms in total. The zero-order chi connectivity index (χ0) is 12.5. The summed E-state index contributed by atoms with van der Waals surface area (Å²) in [6.45, 7) is 0. The second kappa shape index (κ2) is 4.32. The van der Waals surface area contributed by atoms with E-state index in [1.807, 2.05) is 0 Å². The molecule has 0 atom stereocenters. The lowest BCUT2D eigenvalue weighted by Crippen LogP contribution is -2.13. The maximum Gasteiger partial charge on any atom is 0.419 e. The van der Waals surface area contributed by atoms with Crippen LogP contribution in [0.2, 0.25) is 5.02 Å². The van der Waals surface area contributed by atoms with Crippen LogP contribution < -0.4 is 0 Å². The minimum Gasteiger partial charge on any atom is -0.298 e. The highest BCUT2D eigenvalue weighted by Crippen LogP contribution is 2.40. The molecule has 0 aromatic carbocycles. The molecular weight excluding hydrogens is 257 g/mol. The van der Waals surface area contributed by atoms with Gasteiger partial charge in [-0.1, -0.05) is 11.6 Å². The Bertz CT molecular complexity index is 418. The second-order valence-electron chi connectivity index (χ2n) is 2.70. The van der Waals surface area contributed by atoms with E-state index in [2.05, 4.69) is 4.98 Å². The molecule has 1 aromatic heterocycles. The van der Waals surface area contributed by atoms with Crippen LogP contribution in [0.3, 0.4) is 0 Å². The number of nitrogens with zero attached hydrogens (tertiary/aromatic N) is 1. The van der Waals surface area contributed by atoms with Crippen molar-refractivity contribution in [1.29, 1.82) is 0 Å². The topological polar surface area (TPSA) is 30.0 Å². The Kier molecular flexibility index (Phi) is 3.47. The lowest BCUT2D eigenvalue weighted by molar-refractivity contribution is -0.139. The third-order valence-corrected chi connectivity index (χ3v) is 2.10. The van der Waals surface area contributed by atoms with Gasteiger partial charge in [-0.2, -0.15) is 13.2 Å². The molecule has 0 bridgehead atoms. The molecule has 8 heteroatoms. The summed E-state index contributed by atoms with van der Waals surface area (Å²) >= 11 is 5.22. The fourth-order valence-corrected chi connectivity index (χ4v) is 1.33. The molecule has 0 saturated heterocycles. The van der Waals surface area contributed by atoms with Gasteiger partial charge in [-0.15, -0.1) is 0 Å². The van der Waals surface area contributed by atoms with Crippen LogP contribution in [0, 0.1) is 0 Å². The first-order valence-corrected chi connectivity index (χ1v) is 4.15. The van der Waals surface area contributed by atoms with Crippen molar-refractivity contribution in [3.63, 3.8) is 0 Å². The van der Waals surface area contributed by atoms with E-state index < -0.39 is 34.4 Å². The van der Waals surface area contributed by atoms with Crippen molar-refractivity contribution in [2.24, 2.45) is 0 Å². The first kappa shape index (κ1) is 12.8. The zero-order valence-corrected chi connectivity index (χ0v) is 8.11. The van der Waals surface area contributed by atoms with Gasteiger partial charge in [-0.25, -0.2) is 8.78 Å². The first-order valence-electron chi connectivity index (χ1n) is 3.78. The van der Waals surface area contributed by atoms with Crippen LogP contribution in [0.5, 0.6) is 0 Å². The van der Waals surface area contributed by atoms with Crippen LogP contribution in [0.25, 0.3) is 0 Å². The van der Waals surface area contributed by atoms with E-state index in [0.29, 0.717) is 6.20 Å². The van der Waals surface area contributed by atoms with Gasteiger partial charge in [0.15, 0.2) is 6.29 Å². The average Bonchev–Trinajstić information content (AvgIpc) is 2.14. The molecule has 1 heterocycles. The maximum atomic E-state index is 12.4. The fraction of sp³-hybridized carbons (Fsp3) is 0.250. The molecule has 0 amide bonds. The molecule has 0 radical (unpaired) electrons. The van der Waals surface area contributed by atoms with E-state index in [0.717, 1.165) is 0 Å². The van der Waals surface area contributed by atoms with Crippen molar-refractivity contribution in [3.8, 4) is 0 Å². The van der Waals surface area contributed by atoms with Gasteiger partial charge in [0.25, 0.3) is 6.43 Å². The van der Waals surface area contributed by atoms with Crippen LogP contribution in [-0.2, 0) is 6.18 Å². The smallest absolute Gasteiger partial charge is 0.298 e. The van der Waals surface area contributed by atoms with E-state index in [-0.39, 0.29) is 6.29 Å². The van der Waals surface area contributed by atoms with E-state index in [1.54, 1.807) is 0 Å². The van der Waals surface area contributed by atoms with Crippen LogP contribution in [0.4, 0.5) is 22.0 Å². The number of halogens is 6. The van der Waals surface area contributed by atoms with Crippen LogP contribution in [0.1, 0.15) is 28.0 Å². The van der Waals surface area contributed by atoms with E-state index >= 15 is 0 Å². The monoisotopic (exact) mass is 259 g/mol. The lowest BCUT2D eigenvalue weighted by atomic mass is 10.1. The summed E-state index contributed by atoms with van der Waals surface area (Å²) in [5.74, 6) is 0. The number of hydrogen-bond donors (Lipinski definition) is 0. The van der Waals surface area contributed by atoms with Crippen LogP contribution in [-0.4, -0.2) is 11.3 Å². The summed E-state index contributed by atoms with van der Waals surface area (Å²) in [7, 11) is 0. The largest absolute Gasteiger partial charge is 0.419 e. The number of alkyl halides is 5. The van der Waals surface area contributed by atoms with Gasteiger partial charge in [0.2, 0.25) is 0 Å². The summed E-state index contributed by atoms with van der Waals surface area (Å²) in [6, 6.07) is 0. The SMILES string of the molecule is O=Cc1cnc(C(F)F)c(C(F)(F)F)c1Cl. The summed E-state index contributed by atoms with van der Waals surface area (Å²) in [4.78, 5) is 13.2. The Morgan fingerprint density at radius 2 is 1.94 bits per heavy atom. The van der Waals surface area contributed by atoms with Gasteiger partial charge >= 0.3 is 6.18 Å². The third-order valence-electron chi connectivity index (χ3n) is 1.69. The molecule has 1 rings (SSSR count). The highest BCUT2D eigenvalue weighted by molar-refractivity contribution is 6.33. The van der Waals surface area contributed by atoms with Gasteiger partial charge in [0, 0.05) is 6.20 Å². The van der Waals surface area contributed by atoms with Gasteiger partial charge in [-0.05, 0) is 0 Å². The Hall–Kier alpha value is -1.24. The van der Waals surface area contributed by atoms with Crippen molar-refractivity contribution in [1.82, 2.24) is 4.98 Å². The van der Waals surface area contributed by atoms with E-state index in [4.69, 9.17) is 11.6 Å². The second-order valence-corrected chi connectivity index (χ2v) is 3.08. The van der Waals surface area contributed by atoms with Gasteiger partial charge in [-0.3, -0.25) is 9.78 Å². The molecule has 88 valence electrons. The predicted octanol–water partition coefficient (Wildman–Crippen LogP) is 3.50. The maximum absolute atomic E-state index is 12.4. The van der Waals surface area contributed by atoms with Crippen molar-refractivity contribution >= 4 is 17.9 Å². The lowest BCUT2D eigenvalue weighted by Gasteiger charge is -2.13. The number of rotatable bonds is 2. The quantitative estimate of drug-likeness (QED) is 0.601. The summed E-state index contributed by atoms with van der Waals surface area (Å²) in [5.41, 5.74) is -3.84. The molecule has 0 aliphatic heterocycles. The zero-order valence-electron chi connectivity index (χ0n) is 7.36. The standard InChI is InChI=1S/C8H3ClF5NO/c9-5-3(2-16)1-15-6(7(10)11)4(5)8(12,13)14/h1-2,7H. The van der Waals surface area contributed by atoms with Gasteiger partial charge < -0.3 is 0 Å². The number of aromatic nitrogens is 1. The molecule has 0 aliphatic carbocycles. The summed E-state index contributed by atoms with van der Waals surface area (Å²) in [5, 5.41) is -1.06. The molecule has 0 unspecified atom stereocenters. The highest BCUT2D eigenvalue weighted by Gasteiger charge is 2.40. The molecule has 16 heavy (non-hydrogen) atoms. The van der Waals surface area contributed by atoms with Crippen molar-refractivity contribution in [2.45, 2.75) is 12.6 Å². The Labute approximate surface area is 91.0 Å². The first-order chi connectivity index (χ1) is 7.29. The summed E-state index contributed by atoms with van der Waals surface area (Å²) < 4.78 is 61.8. The van der Waals surface area contributed by atoms with Crippen molar-refractivity contribution < 1.29 is 26.7 Å². The minimum absolute atomic E-state index is 0.0137. The Balaban J connectivity index is 3.56. The van der Waals surface area contributed by atoms with E-state index in [9.17, 15) is 26.7 Å². The Morgan fingerprint density at radius 1 is 1.38 bits per heavy atom. The molecule has 1 aromatic rings. The van der Waals surface area contributed by atoms with Gasteiger partial charge in [0.05, 0.1) is 10.6 Å². The van der Waals surface area contributed by atoms with Crippen LogP contribution >= 0.6 is 11.6 Å². The number of carbonyl (C=O) groups is 1. The highest BCUT2D eigenvalue weighted by atomic mass is 35.5. The fourth-order valence-electron chi connectivity index (χ4n) is 1.03. The molecule has 0 N–H and O–H groups in total. The molecule has 0 spiro atoms. The predicted molar refractivity (Wildman–Crippen MR) is 44.6 cm³/mol.